The minimum absolute atomic E-state index is 0.930. The highest BCUT2D eigenvalue weighted by Crippen LogP contribution is 2.47. The van der Waals surface area contributed by atoms with Gasteiger partial charge < -0.3 is 0 Å². The van der Waals surface area contributed by atoms with Crippen molar-refractivity contribution in [3.63, 3.8) is 0 Å². The minimum Gasteiger partial charge on any atom is -0.292 e. The minimum atomic E-state index is 0.930. The van der Waals surface area contributed by atoms with Crippen molar-refractivity contribution in [3.05, 3.63) is 254 Å². The molecule has 11 aromatic carbocycles. The van der Waals surface area contributed by atoms with Crippen LogP contribution < -0.4 is 0 Å². The number of fused-ring (bicyclic) bond motifs is 4. The first-order valence-electron chi connectivity index (χ1n) is 24.0. The lowest BCUT2D eigenvalue weighted by molar-refractivity contribution is 1.10. The van der Waals surface area contributed by atoms with Crippen molar-refractivity contribution >= 4 is 43.6 Å². The zero-order valence-corrected chi connectivity index (χ0v) is 38.9. The van der Waals surface area contributed by atoms with Gasteiger partial charge in [-0.25, -0.2) is 9.97 Å². The molecule has 70 heavy (non-hydrogen) atoms. The van der Waals surface area contributed by atoms with E-state index in [4.69, 9.17) is 9.97 Å². The van der Waals surface area contributed by atoms with Crippen LogP contribution in [0, 0.1) is 13.8 Å². The Balaban J connectivity index is 1.03. The molecule has 0 saturated carbocycles. The number of rotatable bonds is 8. The van der Waals surface area contributed by atoms with E-state index in [0.717, 1.165) is 78.5 Å². The quantitative estimate of drug-likeness (QED) is 0.143. The van der Waals surface area contributed by atoms with Crippen LogP contribution in [0.1, 0.15) is 11.1 Å². The zero-order valence-electron chi connectivity index (χ0n) is 38.9. The van der Waals surface area contributed by atoms with Gasteiger partial charge in [-0.05, 0) is 140 Å². The van der Waals surface area contributed by atoms with E-state index < -0.39 is 0 Å². The molecule has 4 nitrogen and oxygen atoms in total. The third kappa shape index (κ3) is 6.76. The Morgan fingerprint density at radius 2 is 0.614 bits per heavy atom. The van der Waals surface area contributed by atoms with Gasteiger partial charge in [-0.1, -0.05) is 194 Å². The number of aromatic nitrogens is 4. The first-order chi connectivity index (χ1) is 34.6. The normalized spacial score (nSPS) is 11.6. The van der Waals surface area contributed by atoms with E-state index in [9.17, 15) is 0 Å². The molecule has 330 valence electrons. The molecule has 0 aliphatic carbocycles. The molecule has 0 fully saturated rings. The number of nitrogens with zero attached hydrogens (tertiary/aromatic N) is 4. The molecule has 2 aromatic heterocycles. The van der Waals surface area contributed by atoms with E-state index in [2.05, 4.69) is 266 Å². The summed E-state index contributed by atoms with van der Waals surface area (Å²) in [4.78, 5) is 10.8. The highest BCUT2D eigenvalue weighted by Gasteiger charge is 2.23. The first kappa shape index (κ1) is 41.1. The Morgan fingerprint density at radius 3 is 0.971 bits per heavy atom. The van der Waals surface area contributed by atoms with Gasteiger partial charge in [0.25, 0.3) is 0 Å². The number of benzene rings is 11. The summed E-state index contributed by atoms with van der Waals surface area (Å²) in [6, 6.07) is 87.2. The second-order valence-electron chi connectivity index (χ2n) is 18.2. The van der Waals surface area contributed by atoms with E-state index in [0.29, 0.717) is 0 Å². The molecule has 13 rings (SSSR count). The van der Waals surface area contributed by atoms with E-state index in [1.807, 2.05) is 0 Å². The second kappa shape index (κ2) is 16.9. The Kier molecular flexibility index (Phi) is 9.91. The van der Waals surface area contributed by atoms with Crippen molar-refractivity contribution < 1.29 is 0 Å². The van der Waals surface area contributed by atoms with Gasteiger partial charge in [0, 0.05) is 22.5 Å². The van der Waals surface area contributed by atoms with Crippen LogP contribution in [0.2, 0.25) is 0 Å². The Labute approximate surface area is 407 Å². The number of hydrogen-bond acceptors (Lipinski definition) is 2. The first-order valence-corrected chi connectivity index (χ1v) is 24.0. The molecule has 0 N–H and O–H groups in total. The smallest absolute Gasteiger partial charge is 0.145 e. The molecular formula is C66H46N4. The van der Waals surface area contributed by atoms with Gasteiger partial charge in [0.15, 0.2) is 0 Å². The predicted octanol–water partition coefficient (Wildman–Crippen LogP) is 17.3. The molecule has 0 unspecified atom stereocenters. The van der Waals surface area contributed by atoms with E-state index in [1.165, 1.54) is 54.9 Å². The van der Waals surface area contributed by atoms with Gasteiger partial charge in [0.05, 0.1) is 22.1 Å². The van der Waals surface area contributed by atoms with Crippen molar-refractivity contribution in [1.82, 2.24) is 19.1 Å². The highest BCUT2D eigenvalue weighted by molar-refractivity contribution is 6.22. The van der Waals surface area contributed by atoms with Gasteiger partial charge in [-0.2, -0.15) is 0 Å². The molecular weight excluding hydrogens is 849 g/mol. The standard InChI is InChI=1S/C66H46N4/c1-43-53(37-39-59-63(43)67-65(47-25-13-5-14-26-47)69(59)51-29-17-7-18-30-51)49-33-35-55-57(41-49)61(45-21-9-3-10-22-45)56-36-34-50(42-58(56)62(55)46-23-11-4-12-24-46)54-38-40-60-64(44(54)2)68-66(48-27-15-6-16-28-48)70(60)52-31-19-8-20-32-52/h3-42H,1-2H3. The summed E-state index contributed by atoms with van der Waals surface area (Å²) in [5.74, 6) is 1.86. The summed E-state index contributed by atoms with van der Waals surface area (Å²) in [6.45, 7) is 4.45. The summed E-state index contributed by atoms with van der Waals surface area (Å²) >= 11 is 0. The van der Waals surface area contributed by atoms with Crippen molar-refractivity contribution in [2.24, 2.45) is 0 Å². The van der Waals surface area contributed by atoms with Gasteiger partial charge in [-0.15, -0.1) is 0 Å². The lowest BCUT2D eigenvalue weighted by Gasteiger charge is -2.20. The van der Waals surface area contributed by atoms with Crippen LogP contribution in [0.4, 0.5) is 0 Å². The third-order valence-electron chi connectivity index (χ3n) is 14.1. The van der Waals surface area contributed by atoms with E-state index in [-0.39, 0.29) is 0 Å². The molecule has 0 aliphatic rings. The van der Waals surface area contributed by atoms with Gasteiger partial charge >= 0.3 is 0 Å². The van der Waals surface area contributed by atoms with Crippen LogP contribution in [0.25, 0.3) is 122 Å². The summed E-state index contributed by atoms with van der Waals surface area (Å²) in [6.07, 6.45) is 0. The zero-order chi connectivity index (χ0) is 46.7. The fourth-order valence-electron chi connectivity index (χ4n) is 10.8. The molecule has 2 heterocycles. The summed E-state index contributed by atoms with van der Waals surface area (Å²) in [5, 5.41) is 4.83. The molecule has 4 heteroatoms. The van der Waals surface area contributed by atoms with Crippen molar-refractivity contribution in [2.45, 2.75) is 13.8 Å². The molecule has 0 bridgehead atoms. The number of hydrogen-bond donors (Lipinski definition) is 0. The van der Waals surface area contributed by atoms with Crippen molar-refractivity contribution in [1.29, 1.82) is 0 Å². The Hall–Kier alpha value is -9.12. The SMILES string of the molecule is Cc1c(-c2ccc3c(-c4ccccc4)c4cc(-c5ccc6c(nc(-c7ccccc7)n6-c6ccccc6)c5C)ccc4c(-c4ccccc4)c3c2)ccc2c1nc(-c1ccccc1)n2-c1ccccc1. The van der Waals surface area contributed by atoms with Crippen LogP contribution >= 0.6 is 0 Å². The van der Waals surface area contributed by atoms with E-state index >= 15 is 0 Å². The molecule has 0 spiro atoms. The second-order valence-corrected chi connectivity index (χ2v) is 18.2. The Morgan fingerprint density at radius 1 is 0.286 bits per heavy atom. The molecule has 0 amide bonds. The summed E-state index contributed by atoms with van der Waals surface area (Å²) in [5.41, 5.74) is 20.2. The average Bonchev–Trinajstić information content (AvgIpc) is 4.03. The number of imidazole rings is 2. The molecule has 13 aromatic rings. The largest absolute Gasteiger partial charge is 0.292 e. The average molecular weight is 895 g/mol. The lowest BCUT2D eigenvalue weighted by Crippen LogP contribution is -1.97. The van der Waals surface area contributed by atoms with E-state index in [1.54, 1.807) is 0 Å². The van der Waals surface area contributed by atoms with Gasteiger partial charge in [0.1, 0.15) is 11.6 Å². The third-order valence-corrected chi connectivity index (χ3v) is 14.1. The predicted molar refractivity (Wildman–Crippen MR) is 293 cm³/mol. The maximum atomic E-state index is 5.41. The summed E-state index contributed by atoms with van der Waals surface area (Å²) in [7, 11) is 0. The lowest BCUT2D eigenvalue weighted by atomic mass is 9.83. The van der Waals surface area contributed by atoms with Crippen molar-refractivity contribution in [2.75, 3.05) is 0 Å². The van der Waals surface area contributed by atoms with Crippen LogP contribution in [-0.4, -0.2) is 19.1 Å². The van der Waals surface area contributed by atoms with Gasteiger partial charge in [0.2, 0.25) is 0 Å². The fraction of sp³-hybridized carbons (Fsp3) is 0.0303. The maximum absolute atomic E-state index is 5.41. The molecule has 0 aliphatic heterocycles. The van der Waals surface area contributed by atoms with Crippen LogP contribution in [0.15, 0.2) is 243 Å². The highest BCUT2D eigenvalue weighted by atomic mass is 15.1. The van der Waals surface area contributed by atoms with Crippen LogP contribution in [0.5, 0.6) is 0 Å². The number of aryl methyl sites for hydroxylation is 2. The fourth-order valence-corrected chi connectivity index (χ4v) is 10.8. The summed E-state index contributed by atoms with van der Waals surface area (Å²) < 4.78 is 4.58. The molecule has 0 radical (unpaired) electrons. The number of para-hydroxylation sites is 2. The van der Waals surface area contributed by atoms with Crippen LogP contribution in [-0.2, 0) is 0 Å². The maximum Gasteiger partial charge on any atom is 0.145 e. The van der Waals surface area contributed by atoms with Gasteiger partial charge in [-0.3, -0.25) is 9.13 Å². The Bertz CT molecular complexity index is 3810. The molecule has 0 saturated heterocycles. The van der Waals surface area contributed by atoms with Crippen molar-refractivity contribution in [3.8, 4) is 78.7 Å². The topological polar surface area (TPSA) is 35.6 Å². The monoisotopic (exact) mass is 894 g/mol. The van der Waals surface area contributed by atoms with Crippen LogP contribution in [0.3, 0.4) is 0 Å². The molecule has 0 atom stereocenters.